The van der Waals surface area contributed by atoms with Crippen LogP contribution in [0.2, 0.25) is 0 Å². The third-order valence-corrected chi connectivity index (χ3v) is 5.08. The van der Waals surface area contributed by atoms with Gasteiger partial charge in [-0.3, -0.25) is 0 Å². The van der Waals surface area contributed by atoms with E-state index in [1.165, 1.54) is 24.5 Å². The minimum absolute atomic E-state index is 0.107. The predicted molar refractivity (Wildman–Crippen MR) is 95.6 cm³/mol. The predicted octanol–water partition coefficient (Wildman–Crippen LogP) is 4.04. The Labute approximate surface area is 152 Å². The van der Waals surface area contributed by atoms with E-state index >= 15 is 0 Å². The van der Waals surface area contributed by atoms with Crippen LogP contribution >= 0.6 is 12.6 Å². The average molecular weight is 369 g/mol. The zero-order valence-electron chi connectivity index (χ0n) is 14.8. The number of halogens is 2. The molecule has 138 valence electrons. The first kappa shape index (κ1) is 19.8. The highest BCUT2D eigenvalue weighted by Gasteiger charge is 2.40. The second-order valence-corrected chi connectivity index (χ2v) is 7.81. The van der Waals surface area contributed by atoms with Gasteiger partial charge in [-0.25, -0.2) is 18.4 Å². The Morgan fingerprint density at radius 1 is 1.16 bits per heavy atom. The Morgan fingerprint density at radius 3 is 2.32 bits per heavy atom. The number of rotatable bonds is 7. The van der Waals surface area contributed by atoms with Gasteiger partial charge in [-0.2, -0.15) is 5.10 Å². The molecule has 1 aromatic heterocycles. The van der Waals surface area contributed by atoms with Gasteiger partial charge in [-0.15, -0.1) is 12.6 Å². The van der Waals surface area contributed by atoms with Crippen LogP contribution in [0.4, 0.5) is 8.78 Å². The van der Waals surface area contributed by atoms with Crippen LogP contribution in [0, 0.1) is 17.0 Å². The molecule has 1 N–H and O–H groups in total. The van der Waals surface area contributed by atoms with Gasteiger partial charge in [0.2, 0.25) is 0 Å². The summed E-state index contributed by atoms with van der Waals surface area (Å²) in [7, 11) is 0. The monoisotopic (exact) mass is 369 g/mol. The summed E-state index contributed by atoms with van der Waals surface area (Å²) in [5.41, 5.74) is -1.33. The lowest BCUT2D eigenvalue weighted by atomic mass is 9.73. The van der Waals surface area contributed by atoms with Crippen LogP contribution in [0.1, 0.15) is 45.6 Å². The third kappa shape index (κ3) is 4.79. The van der Waals surface area contributed by atoms with E-state index in [0.717, 1.165) is 0 Å². The molecule has 0 aliphatic rings. The fraction of sp³-hybridized carbons (Fsp3) is 0.556. The molecule has 1 unspecified atom stereocenters. The average Bonchev–Trinajstić information content (AvgIpc) is 2.90. The summed E-state index contributed by atoms with van der Waals surface area (Å²) < 4.78 is 28.9. The first-order valence-corrected chi connectivity index (χ1v) is 8.81. The summed E-state index contributed by atoms with van der Waals surface area (Å²) >= 11 is 4.23. The van der Waals surface area contributed by atoms with Crippen molar-refractivity contribution in [2.24, 2.45) is 5.41 Å². The fourth-order valence-electron chi connectivity index (χ4n) is 2.80. The van der Waals surface area contributed by atoms with Crippen molar-refractivity contribution in [3.05, 3.63) is 41.7 Å². The zero-order chi connectivity index (χ0) is 18.7. The summed E-state index contributed by atoms with van der Waals surface area (Å²) in [6.07, 6.45) is 3.41. The molecule has 2 rings (SSSR count). The van der Waals surface area contributed by atoms with Gasteiger partial charge < -0.3 is 5.11 Å². The maximum Gasteiger partial charge on any atom is 0.183 e. The van der Waals surface area contributed by atoms with Crippen molar-refractivity contribution in [2.75, 3.05) is 0 Å². The molecule has 0 radical (unpaired) electrons. The minimum Gasteiger partial charge on any atom is -0.387 e. The van der Waals surface area contributed by atoms with E-state index in [9.17, 15) is 13.9 Å². The molecule has 7 heteroatoms. The van der Waals surface area contributed by atoms with E-state index in [1.54, 1.807) is 4.68 Å². The SMILES string of the molecule is CC(C)(C)C(O)(CCCCc1c(F)cccc1F)Cn1ncnc1S. The van der Waals surface area contributed by atoms with Gasteiger partial charge in [-0.05, 0) is 36.8 Å². The lowest BCUT2D eigenvalue weighted by molar-refractivity contribution is -0.0829. The number of unbranched alkanes of at least 4 members (excludes halogenated alkanes) is 1. The summed E-state index contributed by atoms with van der Waals surface area (Å²) in [5.74, 6) is -1.04. The van der Waals surface area contributed by atoms with E-state index in [1.807, 2.05) is 20.8 Å². The van der Waals surface area contributed by atoms with Gasteiger partial charge in [0, 0.05) is 5.56 Å². The molecule has 0 fully saturated rings. The van der Waals surface area contributed by atoms with Gasteiger partial charge in [0.05, 0.1) is 12.1 Å². The molecule has 0 saturated heterocycles. The fourth-order valence-corrected chi connectivity index (χ4v) is 2.97. The molecule has 0 aliphatic carbocycles. The number of thiol groups is 1. The number of nitrogens with zero attached hydrogens (tertiary/aromatic N) is 3. The van der Waals surface area contributed by atoms with Gasteiger partial charge in [0.15, 0.2) is 5.16 Å². The largest absolute Gasteiger partial charge is 0.387 e. The molecule has 1 heterocycles. The molecule has 0 bridgehead atoms. The molecule has 25 heavy (non-hydrogen) atoms. The van der Waals surface area contributed by atoms with E-state index in [4.69, 9.17) is 0 Å². The number of aliphatic hydroxyl groups is 1. The van der Waals surface area contributed by atoms with Crippen molar-refractivity contribution in [3.8, 4) is 0 Å². The Hall–Kier alpha value is -1.47. The highest BCUT2D eigenvalue weighted by molar-refractivity contribution is 7.80. The highest BCUT2D eigenvalue weighted by atomic mass is 32.1. The van der Waals surface area contributed by atoms with Crippen LogP contribution in [-0.2, 0) is 13.0 Å². The number of hydrogen-bond donors (Lipinski definition) is 2. The normalized spacial score (nSPS) is 14.5. The standard InChI is InChI=1S/C18H25F2N3OS/c1-17(2,3)18(24,11-23-16(25)21-12-22-23)10-5-4-7-13-14(19)8-6-9-15(13)20/h6,8-9,12,24H,4-5,7,10-11H2,1-3H3,(H,21,22,25). The molecule has 4 nitrogen and oxygen atoms in total. The van der Waals surface area contributed by atoms with Gasteiger partial charge in [0.1, 0.15) is 18.0 Å². The summed E-state index contributed by atoms with van der Waals surface area (Å²) in [6.45, 7) is 6.14. The van der Waals surface area contributed by atoms with Crippen molar-refractivity contribution in [1.82, 2.24) is 14.8 Å². The Morgan fingerprint density at radius 2 is 1.80 bits per heavy atom. The second kappa shape index (κ2) is 7.83. The van der Waals surface area contributed by atoms with E-state index in [-0.39, 0.29) is 12.1 Å². The van der Waals surface area contributed by atoms with Crippen LogP contribution < -0.4 is 0 Å². The minimum atomic E-state index is -1.04. The lowest BCUT2D eigenvalue weighted by Gasteiger charge is -2.40. The molecule has 0 amide bonds. The van der Waals surface area contributed by atoms with Crippen LogP contribution in [0.5, 0.6) is 0 Å². The maximum atomic E-state index is 13.7. The van der Waals surface area contributed by atoms with Gasteiger partial charge >= 0.3 is 0 Å². The number of benzene rings is 1. The number of aromatic nitrogens is 3. The first-order chi connectivity index (χ1) is 11.6. The quantitative estimate of drug-likeness (QED) is 0.572. The number of hydrogen-bond acceptors (Lipinski definition) is 4. The molecule has 0 spiro atoms. The molecule has 0 saturated carbocycles. The maximum absolute atomic E-state index is 13.7. The topological polar surface area (TPSA) is 50.9 Å². The molecule has 1 aromatic carbocycles. The van der Waals surface area contributed by atoms with Crippen molar-refractivity contribution >= 4 is 12.6 Å². The van der Waals surface area contributed by atoms with E-state index in [0.29, 0.717) is 30.8 Å². The van der Waals surface area contributed by atoms with Crippen LogP contribution in [0.3, 0.4) is 0 Å². The lowest BCUT2D eigenvalue weighted by Crippen LogP contribution is -2.46. The van der Waals surface area contributed by atoms with E-state index < -0.39 is 22.7 Å². The summed E-state index contributed by atoms with van der Waals surface area (Å²) in [6, 6.07) is 3.89. The van der Waals surface area contributed by atoms with Crippen LogP contribution in [0.15, 0.2) is 29.7 Å². The Bertz CT molecular complexity index is 694. The van der Waals surface area contributed by atoms with Crippen molar-refractivity contribution < 1.29 is 13.9 Å². The Kier molecular flexibility index (Phi) is 6.21. The Balaban J connectivity index is 2.00. The van der Waals surface area contributed by atoms with Crippen LogP contribution in [0.25, 0.3) is 0 Å². The van der Waals surface area contributed by atoms with Crippen molar-refractivity contribution in [2.45, 2.75) is 63.8 Å². The highest BCUT2D eigenvalue weighted by Crippen LogP contribution is 2.36. The summed E-state index contributed by atoms with van der Waals surface area (Å²) in [4.78, 5) is 3.96. The molecular formula is C18H25F2N3OS. The van der Waals surface area contributed by atoms with Crippen LogP contribution in [-0.4, -0.2) is 25.5 Å². The van der Waals surface area contributed by atoms with Gasteiger partial charge in [0.25, 0.3) is 0 Å². The molecule has 0 aliphatic heterocycles. The van der Waals surface area contributed by atoms with Crippen molar-refractivity contribution in [3.63, 3.8) is 0 Å². The van der Waals surface area contributed by atoms with Gasteiger partial charge in [-0.1, -0.05) is 33.3 Å². The zero-order valence-corrected chi connectivity index (χ0v) is 15.7. The van der Waals surface area contributed by atoms with Crippen molar-refractivity contribution in [1.29, 1.82) is 0 Å². The van der Waals surface area contributed by atoms with E-state index in [2.05, 4.69) is 22.7 Å². The summed E-state index contributed by atoms with van der Waals surface area (Å²) in [5, 5.41) is 15.7. The first-order valence-electron chi connectivity index (χ1n) is 8.36. The second-order valence-electron chi connectivity index (χ2n) is 7.41. The third-order valence-electron chi connectivity index (χ3n) is 4.73. The molecule has 2 aromatic rings. The molecule has 1 atom stereocenters. The smallest absolute Gasteiger partial charge is 0.183 e. The molecular weight excluding hydrogens is 344 g/mol.